The first-order chi connectivity index (χ1) is 4.60. The molecule has 0 spiro atoms. The Morgan fingerprint density at radius 3 is 1.90 bits per heavy atom. The molecule has 0 fully saturated rings. The van der Waals surface area contributed by atoms with Gasteiger partial charge in [0.05, 0.1) is 6.61 Å². The maximum absolute atomic E-state index is 10.0. The number of hydrogen-bond donors (Lipinski definition) is 3. The van der Waals surface area contributed by atoms with Crippen LogP contribution in [0.1, 0.15) is 0 Å². The molecule has 58 valence electrons. The van der Waals surface area contributed by atoms with E-state index in [2.05, 4.69) is 0 Å². The van der Waals surface area contributed by atoms with Crippen molar-refractivity contribution in [2.45, 2.75) is 11.2 Å². The number of rotatable bonds is 4. The Morgan fingerprint density at radius 2 is 1.80 bits per heavy atom. The molecule has 0 amide bonds. The molecule has 0 aromatic rings. The third-order valence-corrected chi connectivity index (χ3v) is 2.51. The lowest BCUT2D eigenvalue weighted by molar-refractivity contribution is 0.00618. The van der Waals surface area contributed by atoms with E-state index in [1.165, 1.54) is 0 Å². The van der Waals surface area contributed by atoms with Crippen molar-refractivity contribution in [1.29, 1.82) is 0 Å². The van der Waals surface area contributed by atoms with Gasteiger partial charge in [-0.25, -0.2) is 0 Å². The number of hydrogen-bond acceptors (Lipinski definition) is 5. The molecule has 0 saturated heterocycles. The van der Waals surface area contributed by atoms with Crippen molar-refractivity contribution in [3.05, 3.63) is 0 Å². The lowest BCUT2D eigenvalue weighted by atomic mass is 10.4. The van der Waals surface area contributed by atoms with E-state index in [1.54, 1.807) is 0 Å². The zero-order valence-corrected chi connectivity index (χ0v) is 6.63. The van der Waals surface area contributed by atoms with Crippen LogP contribution in [0.2, 0.25) is 0 Å². The van der Waals surface area contributed by atoms with Crippen LogP contribution in [0.3, 0.4) is 0 Å². The second kappa shape index (κ2) is 4.06. The molecule has 5 nitrogen and oxygen atoms in total. The van der Waals surface area contributed by atoms with Gasteiger partial charge >= 0.3 is 0 Å². The van der Waals surface area contributed by atoms with E-state index in [0.717, 1.165) is 0 Å². The summed E-state index contributed by atoms with van der Waals surface area (Å²) in [5, 5.41) is 23.5. The molecule has 0 heterocycles. The van der Waals surface area contributed by atoms with E-state index < -0.39 is 34.7 Å². The second-order valence-corrected chi connectivity index (χ2v) is 3.65. The quantitative estimate of drug-likeness (QED) is 0.515. The van der Waals surface area contributed by atoms with Crippen molar-refractivity contribution in [2.24, 2.45) is 0 Å². The Balaban J connectivity index is 4.30. The summed E-state index contributed by atoms with van der Waals surface area (Å²) in [7, 11) is -1.76. The maximum atomic E-state index is 10.0. The maximum Gasteiger partial charge on any atom is 0.253 e. The molecular formula is C3H6O5P2. The van der Waals surface area contributed by atoms with Crippen LogP contribution in [-0.2, 0) is 9.13 Å². The molecule has 0 aliphatic heterocycles. The summed E-state index contributed by atoms with van der Waals surface area (Å²) in [5.41, 5.74) is 0. The van der Waals surface area contributed by atoms with Crippen molar-refractivity contribution >= 4 is 16.9 Å². The third kappa shape index (κ3) is 2.04. The van der Waals surface area contributed by atoms with Gasteiger partial charge in [0, 0.05) is 0 Å². The molecule has 1 unspecified atom stereocenters. The molecule has 0 aromatic heterocycles. The van der Waals surface area contributed by atoms with Gasteiger partial charge in [-0.15, -0.1) is 0 Å². The zero-order chi connectivity index (χ0) is 8.20. The van der Waals surface area contributed by atoms with Gasteiger partial charge in [0.15, 0.2) is 0 Å². The molecule has 3 N–H and O–H groups in total. The monoisotopic (exact) mass is 184 g/mol. The lowest BCUT2D eigenvalue weighted by Crippen LogP contribution is -2.33. The fourth-order valence-electron chi connectivity index (χ4n) is 0.261. The standard InChI is InChI=1S/C3H6O5P2/c4-1-2(5)3(6,9-7)10-8/h2,4-6H,1H2. The minimum absolute atomic E-state index is 0.791. The fraction of sp³-hybridized carbons (Fsp3) is 1.00. The van der Waals surface area contributed by atoms with Crippen LogP contribution < -0.4 is 0 Å². The van der Waals surface area contributed by atoms with Gasteiger partial charge in [0.2, 0.25) is 16.9 Å². The van der Waals surface area contributed by atoms with Crippen LogP contribution in [0, 0.1) is 0 Å². The van der Waals surface area contributed by atoms with Crippen LogP contribution >= 0.6 is 16.9 Å². The van der Waals surface area contributed by atoms with Gasteiger partial charge < -0.3 is 15.3 Å². The smallest absolute Gasteiger partial charge is 0.253 e. The van der Waals surface area contributed by atoms with Gasteiger partial charge in [-0.3, -0.25) is 9.13 Å². The van der Waals surface area contributed by atoms with Gasteiger partial charge in [-0.2, -0.15) is 0 Å². The minimum Gasteiger partial charge on any atom is -0.394 e. The predicted molar refractivity (Wildman–Crippen MR) is 33.3 cm³/mol. The van der Waals surface area contributed by atoms with E-state index >= 15 is 0 Å². The summed E-state index contributed by atoms with van der Waals surface area (Å²) in [6.45, 7) is -0.791. The largest absolute Gasteiger partial charge is 0.394 e. The highest BCUT2D eigenvalue weighted by Crippen LogP contribution is 2.34. The molecule has 10 heavy (non-hydrogen) atoms. The van der Waals surface area contributed by atoms with Crippen LogP contribution in [0.4, 0.5) is 0 Å². The predicted octanol–water partition coefficient (Wildman–Crippen LogP) is -0.431. The van der Waals surface area contributed by atoms with Crippen molar-refractivity contribution in [3.63, 3.8) is 0 Å². The third-order valence-electron chi connectivity index (χ3n) is 0.889. The summed E-state index contributed by atoms with van der Waals surface area (Å²) >= 11 is 0. The second-order valence-electron chi connectivity index (χ2n) is 1.57. The van der Waals surface area contributed by atoms with Gasteiger partial charge in [0.25, 0.3) is 5.08 Å². The molecule has 1 atom stereocenters. The summed E-state index contributed by atoms with van der Waals surface area (Å²) < 4.78 is 20.1. The lowest BCUT2D eigenvalue weighted by Gasteiger charge is -2.15. The highest BCUT2D eigenvalue weighted by molar-refractivity contribution is 7.46. The molecule has 0 bridgehead atoms. The first kappa shape index (κ1) is 10.1. The van der Waals surface area contributed by atoms with Gasteiger partial charge in [-0.1, -0.05) is 0 Å². The van der Waals surface area contributed by atoms with E-state index in [-0.39, 0.29) is 0 Å². The highest BCUT2D eigenvalue weighted by Gasteiger charge is 2.37. The van der Waals surface area contributed by atoms with Crippen molar-refractivity contribution in [3.8, 4) is 0 Å². The van der Waals surface area contributed by atoms with Crippen LogP contribution in [0.25, 0.3) is 0 Å². The van der Waals surface area contributed by atoms with E-state index in [1.807, 2.05) is 0 Å². The Morgan fingerprint density at radius 1 is 1.40 bits per heavy atom. The average molecular weight is 184 g/mol. The summed E-state index contributed by atoms with van der Waals surface area (Å²) in [4.78, 5) is 0. The Bertz CT molecular complexity index is 129. The molecule has 7 heteroatoms. The summed E-state index contributed by atoms with van der Waals surface area (Å²) in [6, 6.07) is 0. The first-order valence-electron chi connectivity index (χ1n) is 2.31. The highest BCUT2D eigenvalue weighted by atomic mass is 31.1. The van der Waals surface area contributed by atoms with Crippen molar-refractivity contribution < 1.29 is 24.4 Å². The van der Waals surface area contributed by atoms with Crippen molar-refractivity contribution in [2.75, 3.05) is 6.61 Å². The zero-order valence-electron chi connectivity index (χ0n) is 4.84. The minimum atomic E-state index is -2.27. The average Bonchev–Trinajstić information content (AvgIpc) is 2.01. The van der Waals surface area contributed by atoms with Crippen molar-refractivity contribution in [1.82, 2.24) is 0 Å². The Labute approximate surface area is 60.1 Å². The number of aliphatic hydroxyl groups excluding tert-OH is 2. The molecule has 0 aliphatic rings. The Hall–Kier alpha value is 0.0800. The SMILES string of the molecule is O=PC(O)(P=O)C(O)CO. The van der Waals surface area contributed by atoms with E-state index in [0.29, 0.717) is 0 Å². The van der Waals surface area contributed by atoms with Crippen LogP contribution in [-0.4, -0.2) is 33.1 Å². The Kier molecular flexibility index (Phi) is 4.09. The van der Waals surface area contributed by atoms with Gasteiger partial charge in [0.1, 0.15) is 6.10 Å². The molecular weight excluding hydrogens is 178 g/mol. The molecule has 0 aromatic carbocycles. The van der Waals surface area contributed by atoms with E-state index in [4.69, 9.17) is 15.3 Å². The van der Waals surface area contributed by atoms with Gasteiger partial charge in [-0.05, 0) is 0 Å². The molecule has 0 rings (SSSR count). The van der Waals surface area contributed by atoms with Crippen LogP contribution in [0.5, 0.6) is 0 Å². The first-order valence-corrected chi connectivity index (χ1v) is 3.93. The van der Waals surface area contributed by atoms with E-state index in [9.17, 15) is 9.13 Å². The topological polar surface area (TPSA) is 94.8 Å². The summed E-state index contributed by atoms with van der Waals surface area (Å²) in [5.74, 6) is 0. The van der Waals surface area contributed by atoms with Crippen LogP contribution in [0.15, 0.2) is 0 Å². The normalized spacial score (nSPS) is 20.7. The molecule has 0 aliphatic carbocycles. The summed E-state index contributed by atoms with van der Waals surface area (Å²) in [6.07, 6.45) is -1.66. The molecule has 0 saturated carbocycles. The fourth-order valence-corrected chi connectivity index (χ4v) is 0.801. The number of aliphatic hydroxyl groups is 3. The molecule has 0 radical (unpaired) electrons.